The zero-order valence-corrected chi connectivity index (χ0v) is 17.7. The molecule has 1 aromatic rings. The second-order valence-electron chi connectivity index (χ2n) is 7.73. The molecule has 0 saturated carbocycles. The lowest BCUT2D eigenvalue weighted by atomic mass is 9.94. The van der Waals surface area contributed by atoms with E-state index < -0.39 is 6.10 Å². The third-order valence-electron chi connectivity index (χ3n) is 5.57. The Bertz CT molecular complexity index is 696. The first kappa shape index (κ1) is 22.8. The van der Waals surface area contributed by atoms with E-state index in [1.165, 1.54) is 0 Å². The number of ether oxygens (including phenoxy) is 2. The van der Waals surface area contributed by atoms with Crippen LogP contribution in [0.15, 0.2) is 24.3 Å². The zero-order chi connectivity index (χ0) is 21.3. The molecule has 166 valence electrons. The lowest BCUT2D eigenvalue weighted by molar-refractivity contribution is -0.134. The second kappa shape index (κ2) is 11.5. The standard InChI is InChI=1S/C21H30ClN3O5/c22-15-1-3-16(4-2-15)24-21(28)23-10-7-17-5-6-18(19(13-26)30-17)25-20(27)14-8-11-29-12-9-14/h1-4,14,17-19,26H,5-13H2,(H,25,27)(H2,23,24,28)/t17-,18+,19-/m0/s1. The normalized spacial score (nSPS) is 24.8. The number of aliphatic hydroxyl groups excluding tert-OH is 1. The Morgan fingerprint density at radius 1 is 1.10 bits per heavy atom. The largest absolute Gasteiger partial charge is 0.394 e. The van der Waals surface area contributed by atoms with Crippen LogP contribution in [0.5, 0.6) is 0 Å². The van der Waals surface area contributed by atoms with Gasteiger partial charge in [-0.2, -0.15) is 0 Å². The van der Waals surface area contributed by atoms with E-state index in [9.17, 15) is 14.7 Å². The molecule has 3 rings (SSSR count). The number of carbonyl (C=O) groups is 2. The SMILES string of the molecule is O=C(NCC[C@@H]1CC[C@@H](NC(=O)C2CCOCC2)[C@H](CO)O1)Nc1ccc(Cl)cc1. The molecule has 2 saturated heterocycles. The number of aliphatic hydroxyl groups is 1. The van der Waals surface area contributed by atoms with E-state index in [4.69, 9.17) is 21.1 Å². The monoisotopic (exact) mass is 439 g/mol. The molecule has 2 aliphatic heterocycles. The Balaban J connectivity index is 1.37. The molecule has 2 heterocycles. The number of hydrogen-bond donors (Lipinski definition) is 4. The van der Waals surface area contributed by atoms with Gasteiger partial charge in [-0.25, -0.2) is 4.79 Å². The topological polar surface area (TPSA) is 109 Å². The first-order valence-electron chi connectivity index (χ1n) is 10.5. The predicted octanol–water partition coefficient (Wildman–Crippen LogP) is 2.30. The first-order valence-corrected chi connectivity index (χ1v) is 10.9. The maximum Gasteiger partial charge on any atom is 0.319 e. The molecular weight excluding hydrogens is 410 g/mol. The highest BCUT2D eigenvalue weighted by Gasteiger charge is 2.33. The minimum atomic E-state index is -0.435. The van der Waals surface area contributed by atoms with Crippen molar-refractivity contribution in [3.8, 4) is 0 Å². The van der Waals surface area contributed by atoms with E-state index in [0.717, 1.165) is 25.7 Å². The Morgan fingerprint density at radius 2 is 1.83 bits per heavy atom. The summed E-state index contributed by atoms with van der Waals surface area (Å²) in [5.74, 6) is -0.0106. The number of halogens is 1. The maximum absolute atomic E-state index is 12.5. The molecule has 0 spiro atoms. The number of nitrogens with one attached hydrogen (secondary N) is 3. The van der Waals surface area contributed by atoms with E-state index in [1.54, 1.807) is 24.3 Å². The minimum absolute atomic E-state index is 0.0179. The van der Waals surface area contributed by atoms with Crippen LogP contribution >= 0.6 is 11.6 Å². The fourth-order valence-corrected chi connectivity index (χ4v) is 3.95. The van der Waals surface area contributed by atoms with Crippen LogP contribution in [0, 0.1) is 5.92 Å². The molecule has 3 atom stereocenters. The Hall–Kier alpha value is -1.87. The number of anilines is 1. The molecule has 0 aromatic heterocycles. The zero-order valence-electron chi connectivity index (χ0n) is 16.9. The van der Waals surface area contributed by atoms with Crippen LogP contribution in [-0.4, -0.2) is 61.7 Å². The second-order valence-corrected chi connectivity index (χ2v) is 8.17. The predicted molar refractivity (Wildman–Crippen MR) is 114 cm³/mol. The molecular formula is C21H30ClN3O5. The van der Waals surface area contributed by atoms with Gasteiger partial charge >= 0.3 is 6.03 Å². The van der Waals surface area contributed by atoms with E-state index in [0.29, 0.717) is 36.9 Å². The molecule has 1 aromatic carbocycles. The molecule has 0 bridgehead atoms. The summed E-state index contributed by atoms with van der Waals surface area (Å²) < 4.78 is 11.3. The van der Waals surface area contributed by atoms with Gasteiger partial charge in [0.15, 0.2) is 0 Å². The van der Waals surface area contributed by atoms with Gasteiger partial charge in [0, 0.05) is 36.4 Å². The lowest BCUT2D eigenvalue weighted by Crippen LogP contribution is -2.52. The molecule has 0 unspecified atom stereocenters. The lowest BCUT2D eigenvalue weighted by Gasteiger charge is -2.37. The third-order valence-corrected chi connectivity index (χ3v) is 5.82. The summed E-state index contributed by atoms with van der Waals surface area (Å²) in [5, 5.41) is 18.9. The van der Waals surface area contributed by atoms with Crippen LogP contribution in [0.4, 0.5) is 10.5 Å². The van der Waals surface area contributed by atoms with Crippen LogP contribution in [0.2, 0.25) is 5.02 Å². The van der Waals surface area contributed by atoms with Gasteiger partial charge in [0.25, 0.3) is 0 Å². The molecule has 8 nitrogen and oxygen atoms in total. The summed E-state index contributed by atoms with van der Waals surface area (Å²) in [5.41, 5.74) is 0.661. The van der Waals surface area contributed by atoms with E-state index in [1.807, 2.05) is 0 Å². The molecule has 4 N–H and O–H groups in total. The highest BCUT2D eigenvalue weighted by molar-refractivity contribution is 6.30. The number of carbonyl (C=O) groups excluding carboxylic acids is 2. The minimum Gasteiger partial charge on any atom is -0.394 e. The van der Waals surface area contributed by atoms with E-state index >= 15 is 0 Å². The van der Waals surface area contributed by atoms with Crippen molar-refractivity contribution >= 4 is 29.2 Å². The van der Waals surface area contributed by atoms with Crippen molar-refractivity contribution in [1.82, 2.24) is 10.6 Å². The summed E-state index contributed by atoms with van der Waals surface area (Å²) in [7, 11) is 0. The molecule has 0 radical (unpaired) electrons. The van der Waals surface area contributed by atoms with Gasteiger partial charge in [0.1, 0.15) is 6.10 Å². The Kier molecular flexibility index (Phi) is 8.74. The van der Waals surface area contributed by atoms with Gasteiger partial charge in [-0.05, 0) is 56.4 Å². The van der Waals surface area contributed by atoms with Crippen LogP contribution in [0.3, 0.4) is 0 Å². The van der Waals surface area contributed by atoms with Gasteiger partial charge in [-0.1, -0.05) is 11.6 Å². The van der Waals surface area contributed by atoms with Gasteiger partial charge < -0.3 is 30.5 Å². The van der Waals surface area contributed by atoms with Crippen molar-refractivity contribution in [2.45, 2.75) is 50.4 Å². The van der Waals surface area contributed by atoms with Crippen molar-refractivity contribution in [2.24, 2.45) is 5.92 Å². The number of hydrogen-bond acceptors (Lipinski definition) is 5. The molecule has 2 aliphatic rings. The van der Waals surface area contributed by atoms with Crippen LogP contribution in [0.25, 0.3) is 0 Å². The molecule has 2 fully saturated rings. The quantitative estimate of drug-likeness (QED) is 0.521. The van der Waals surface area contributed by atoms with Crippen LogP contribution in [-0.2, 0) is 14.3 Å². The fourth-order valence-electron chi connectivity index (χ4n) is 3.82. The Labute approximate surface area is 181 Å². The average Bonchev–Trinajstić information content (AvgIpc) is 2.77. The summed E-state index contributed by atoms with van der Waals surface area (Å²) in [4.78, 5) is 24.5. The van der Waals surface area contributed by atoms with Gasteiger partial charge in [0.2, 0.25) is 5.91 Å². The number of urea groups is 1. The molecule has 9 heteroatoms. The Morgan fingerprint density at radius 3 is 2.53 bits per heavy atom. The summed E-state index contributed by atoms with van der Waals surface area (Å²) in [6.45, 7) is 1.52. The summed E-state index contributed by atoms with van der Waals surface area (Å²) in [6.07, 6.45) is 3.08. The van der Waals surface area contributed by atoms with Gasteiger partial charge in [-0.3, -0.25) is 4.79 Å². The third kappa shape index (κ3) is 6.84. The van der Waals surface area contributed by atoms with Gasteiger partial charge in [0.05, 0.1) is 18.8 Å². The molecule has 0 aliphatic carbocycles. The van der Waals surface area contributed by atoms with E-state index in [2.05, 4.69) is 16.0 Å². The molecule has 3 amide bonds. The maximum atomic E-state index is 12.5. The van der Waals surface area contributed by atoms with Crippen molar-refractivity contribution < 1.29 is 24.2 Å². The van der Waals surface area contributed by atoms with Crippen LogP contribution < -0.4 is 16.0 Å². The van der Waals surface area contributed by atoms with Gasteiger partial charge in [-0.15, -0.1) is 0 Å². The summed E-state index contributed by atoms with van der Waals surface area (Å²) >= 11 is 5.83. The van der Waals surface area contributed by atoms with Crippen LogP contribution in [0.1, 0.15) is 32.1 Å². The first-order chi connectivity index (χ1) is 14.5. The fraction of sp³-hybridized carbons (Fsp3) is 0.619. The number of benzene rings is 1. The smallest absolute Gasteiger partial charge is 0.319 e. The number of rotatable bonds is 7. The van der Waals surface area contributed by atoms with Crippen molar-refractivity contribution in [3.05, 3.63) is 29.3 Å². The highest BCUT2D eigenvalue weighted by Crippen LogP contribution is 2.23. The average molecular weight is 440 g/mol. The van der Waals surface area contributed by atoms with Crippen molar-refractivity contribution in [3.63, 3.8) is 0 Å². The van der Waals surface area contributed by atoms with Crippen molar-refractivity contribution in [1.29, 1.82) is 0 Å². The number of amides is 3. The van der Waals surface area contributed by atoms with E-state index in [-0.39, 0.29) is 36.6 Å². The van der Waals surface area contributed by atoms with Crippen molar-refractivity contribution in [2.75, 3.05) is 31.7 Å². The molecule has 30 heavy (non-hydrogen) atoms. The highest BCUT2D eigenvalue weighted by atomic mass is 35.5. The summed E-state index contributed by atoms with van der Waals surface area (Å²) in [6, 6.07) is 6.38.